The minimum Gasteiger partial charge on any atom is -0.489 e. The van der Waals surface area contributed by atoms with Crippen LogP contribution in [0, 0.1) is 0 Å². The van der Waals surface area contributed by atoms with Crippen LogP contribution < -0.4 is 20.9 Å². The molecular formula is C24H20ClN3O4. The van der Waals surface area contributed by atoms with Gasteiger partial charge >= 0.3 is 0 Å². The van der Waals surface area contributed by atoms with E-state index < -0.39 is 11.8 Å². The van der Waals surface area contributed by atoms with Crippen LogP contribution in [-0.2, 0) is 17.8 Å². The van der Waals surface area contributed by atoms with Crippen LogP contribution in [0.1, 0.15) is 38.3 Å². The quantitative estimate of drug-likeness (QED) is 0.515. The van der Waals surface area contributed by atoms with Gasteiger partial charge in [0.1, 0.15) is 12.4 Å². The van der Waals surface area contributed by atoms with Crippen molar-refractivity contribution < 1.29 is 19.1 Å². The number of aryl methyl sites for hydroxylation is 1. The van der Waals surface area contributed by atoms with E-state index in [1.165, 1.54) is 0 Å². The molecule has 0 unspecified atom stereocenters. The number of nitrogens with one attached hydrogen (secondary N) is 3. The number of anilines is 1. The van der Waals surface area contributed by atoms with E-state index in [4.69, 9.17) is 16.3 Å². The fourth-order valence-corrected chi connectivity index (χ4v) is 3.36. The summed E-state index contributed by atoms with van der Waals surface area (Å²) in [5.74, 6) is -0.215. The maximum Gasteiger partial charge on any atom is 0.269 e. The summed E-state index contributed by atoms with van der Waals surface area (Å²) >= 11 is 5.86. The highest BCUT2D eigenvalue weighted by Gasteiger charge is 2.17. The third-order valence-corrected chi connectivity index (χ3v) is 5.24. The zero-order chi connectivity index (χ0) is 22.5. The molecule has 0 fully saturated rings. The van der Waals surface area contributed by atoms with E-state index in [9.17, 15) is 14.4 Å². The van der Waals surface area contributed by atoms with Gasteiger partial charge < -0.3 is 10.1 Å². The zero-order valence-electron chi connectivity index (χ0n) is 17.0. The molecule has 1 aliphatic heterocycles. The van der Waals surface area contributed by atoms with E-state index >= 15 is 0 Å². The predicted molar refractivity (Wildman–Crippen MR) is 121 cm³/mol. The van der Waals surface area contributed by atoms with Gasteiger partial charge in [0.05, 0.1) is 0 Å². The molecule has 162 valence electrons. The van der Waals surface area contributed by atoms with Gasteiger partial charge in [-0.05, 0) is 72.1 Å². The lowest BCUT2D eigenvalue weighted by molar-refractivity contribution is -0.116. The van der Waals surface area contributed by atoms with Gasteiger partial charge in [0.2, 0.25) is 5.91 Å². The number of fused-ring (bicyclic) bond motifs is 1. The number of halogens is 1. The van der Waals surface area contributed by atoms with Gasteiger partial charge in [-0.3, -0.25) is 25.2 Å². The van der Waals surface area contributed by atoms with Crippen LogP contribution in [0.2, 0.25) is 5.02 Å². The normalized spacial score (nSPS) is 12.3. The Hall–Kier alpha value is -3.84. The highest BCUT2D eigenvalue weighted by Crippen LogP contribution is 2.23. The molecule has 0 saturated carbocycles. The summed E-state index contributed by atoms with van der Waals surface area (Å²) in [6, 6.07) is 18.9. The lowest BCUT2D eigenvalue weighted by Crippen LogP contribution is -2.41. The monoisotopic (exact) mass is 449 g/mol. The Morgan fingerprint density at radius 1 is 0.875 bits per heavy atom. The first-order valence-corrected chi connectivity index (χ1v) is 10.4. The molecule has 0 aliphatic carbocycles. The molecule has 1 aliphatic rings. The topological polar surface area (TPSA) is 96.5 Å². The molecule has 32 heavy (non-hydrogen) atoms. The molecule has 0 radical (unpaired) electrons. The van der Waals surface area contributed by atoms with Gasteiger partial charge in [-0.25, -0.2) is 0 Å². The summed E-state index contributed by atoms with van der Waals surface area (Å²) in [6.45, 7) is 0.346. The number of hydrazine groups is 1. The Morgan fingerprint density at radius 2 is 1.53 bits per heavy atom. The van der Waals surface area contributed by atoms with Crippen LogP contribution in [0.25, 0.3) is 0 Å². The zero-order valence-corrected chi connectivity index (χ0v) is 17.7. The lowest BCUT2D eigenvalue weighted by atomic mass is 10.0. The van der Waals surface area contributed by atoms with Crippen molar-refractivity contribution in [3.8, 4) is 5.75 Å². The fourth-order valence-electron chi connectivity index (χ4n) is 3.23. The van der Waals surface area contributed by atoms with E-state index in [0.29, 0.717) is 47.0 Å². The summed E-state index contributed by atoms with van der Waals surface area (Å²) in [5, 5.41) is 3.41. The van der Waals surface area contributed by atoms with Gasteiger partial charge in [-0.2, -0.15) is 0 Å². The minimum atomic E-state index is -0.439. The summed E-state index contributed by atoms with van der Waals surface area (Å²) in [6.07, 6.45) is 0.957. The molecule has 8 heteroatoms. The number of hydrogen-bond donors (Lipinski definition) is 3. The second-order valence-corrected chi connectivity index (χ2v) is 7.70. The number of benzene rings is 3. The Balaban J connectivity index is 1.29. The van der Waals surface area contributed by atoms with Crippen LogP contribution in [0.15, 0.2) is 66.7 Å². The molecule has 0 atom stereocenters. The van der Waals surface area contributed by atoms with Gasteiger partial charge in [0.25, 0.3) is 11.8 Å². The van der Waals surface area contributed by atoms with Crippen LogP contribution >= 0.6 is 11.6 Å². The molecule has 3 aromatic carbocycles. The van der Waals surface area contributed by atoms with Crippen molar-refractivity contribution >= 4 is 35.0 Å². The van der Waals surface area contributed by atoms with Crippen LogP contribution in [-0.4, -0.2) is 17.7 Å². The molecule has 0 bridgehead atoms. The average molecular weight is 450 g/mol. The molecule has 3 aromatic rings. The predicted octanol–water partition coefficient (Wildman–Crippen LogP) is 3.88. The second-order valence-electron chi connectivity index (χ2n) is 7.27. The molecule has 1 heterocycles. The maximum absolute atomic E-state index is 12.4. The number of carbonyl (C=O) groups is 3. The number of amides is 3. The molecule has 3 N–H and O–H groups in total. The van der Waals surface area contributed by atoms with Crippen LogP contribution in [0.3, 0.4) is 0 Å². The SMILES string of the molecule is O=C1CCc2cc(C(=O)NNC(=O)c3ccc(COc4ccc(Cl)cc4)cc3)ccc2N1. The van der Waals surface area contributed by atoms with Gasteiger partial charge in [0, 0.05) is 28.3 Å². The van der Waals surface area contributed by atoms with E-state index in [0.717, 1.165) is 11.1 Å². The average Bonchev–Trinajstić information content (AvgIpc) is 2.82. The molecule has 0 saturated heterocycles. The molecule has 0 spiro atoms. The number of ether oxygens (including phenoxy) is 1. The van der Waals surface area contributed by atoms with Crippen molar-refractivity contribution in [2.24, 2.45) is 0 Å². The van der Waals surface area contributed by atoms with Crippen molar-refractivity contribution in [2.75, 3.05) is 5.32 Å². The Bertz CT molecular complexity index is 1160. The molecule has 4 rings (SSSR count). The molecule has 0 aromatic heterocycles. The van der Waals surface area contributed by atoms with Crippen molar-refractivity contribution in [3.63, 3.8) is 0 Å². The van der Waals surface area contributed by atoms with Crippen LogP contribution in [0.5, 0.6) is 5.75 Å². The smallest absolute Gasteiger partial charge is 0.269 e. The van der Waals surface area contributed by atoms with Gasteiger partial charge in [-0.15, -0.1) is 0 Å². The Kier molecular flexibility index (Phi) is 6.37. The summed E-state index contributed by atoms with van der Waals surface area (Å²) in [7, 11) is 0. The highest BCUT2D eigenvalue weighted by atomic mass is 35.5. The second kappa shape index (κ2) is 9.53. The third-order valence-electron chi connectivity index (χ3n) is 4.99. The molecule has 7 nitrogen and oxygen atoms in total. The number of rotatable bonds is 5. The lowest BCUT2D eigenvalue weighted by Gasteiger charge is -2.17. The summed E-state index contributed by atoms with van der Waals surface area (Å²) in [4.78, 5) is 36.2. The minimum absolute atomic E-state index is 0.0375. The standard InChI is InChI=1S/C24H20ClN3O4/c25-19-7-9-20(10-8-19)32-14-15-1-3-16(4-2-15)23(30)27-28-24(31)18-5-11-21-17(13-18)6-12-22(29)26-21/h1-5,7-11,13H,6,12,14H2,(H,26,29)(H,27,30)(H,28,31). The van der Waals surface area contributed by atoms with Crippen molar-refractivity contribution in [2.45, 2.75) is 19.4 Å². The maximum atomic E-state index is 12.4. The van der Waals surface area contributed by atoms with E-state index in [1.807, 2.05) is 0 Å². The van der Waals surface area contributed by atoms with Crippen LogP contribution in [0.4, 0.5) is 5.69 Å². The molecular weight excluding hydrogens is 430 g/mol. The van der Waals surface area contributed by atoms with Crippen molar-refractivity contribution in [3.05, 3.63) is 94.0 Å². The third kappa shape index (κ3) is 5.25. The molecule has 3 amide bonds. The summed E-state index contributed by atoms with van der Waals surface area (Å²) < 4.78 is 5.68. The first-order chi connectivity index (χ1) is 15.5. The first kappa shape index (κ1) is 21.4. The van der Waals surface area contributed by atoms with E-state index in [1.54, 1.807) is 66.7 Å². The Morgan fingerprint density at radius 3 is 2.25 bits per heavy atom. The van der Waals surface area contributed by atoms with Gasteiger partial charge in [-0.1, -0.05) is 23.7 Å². The number of hydrogen-bond acceptors (Lipinski definition) is 4. The number of carbonyl (C=O) groups excluding carboxylic acids is 3. The highest BCUT2D eigenvalue weighted by molar-refractivity contribution is 6.30. The Labute approximate surface area is 189 Å². The van der Waals surface area contributed by atoms with Gasteiger partial charge in [0.15, 0.2) is 0 Å². The summed E-state index contributed by atoms with van der Waals surface area (Å²) in [5.41, 5.74) is 8.12. The largest absolute Gasteiger partial charge is 0.489 e. The first-order valence-electron chi connectivity index (χ1n) is 9.99. The van der Waals surface area contributed by atoms with E-state index in [2.05, 4.69) is 16.2 Å². The van der Waals surface area contributed by atoms with Crippen molar-refractivity contribution in [1.82, 2.24) is 10.9 Å². The van der Waals surface area contributed by atoms with E-state index in [-0.39, 0.29) is 5.91 Å². The van der Waals surface area contributed by atoms with Crippen molar-refractivity contribution in [1.29, 1.82) is 0 Å². The fraction of sp³-hybridized carbons (Fsp3) is 0.125.